The van der Waals surface area contributed by atoms with Crippen LogP contribution < -0.4 is 5.32 Å². The lowest BCUT2D eigenvalue weighted by Crippen LogP contribution is -2.43. The van der Waals surface area contributed by atoms with E-state index in [1.807, 2.05) is 10.9 Å². The number of hydrogen-bond donors (Lipinski definition) is 1. The maximum absolute atomic E-state index is 12.2. The van der Waals surface area contributed by atoms with Crippen molar-refractivity contribution < 1.29 is 17.9 Å². The first-order chi connectivity index (χ1) is 11.4. The van der Waals surface area contributed by atoms with E-state index in [4.69, 9.17) is 4.74 Å². The van der Waals surface area contributed by atoms with Crippen molar-refractivity contribution in [2.45, 2.75) is 32.4 Å². The second-order valence-electron chi connectivity index (χ2n) is 6.37. The predicted octanol–water partition coefficient (Wildman–Crippen LogP) is -0.256. The van der Waals surface area contributed by atoms with Crippen LogP contribution >= 0.6 is 0 Å². The standard InChI is InChI=1S/C15H24N4O4S/c1-24(21,22)18-6-2-12(3-7-18)15(20)16-5-8-19-14-4-9-23-11-13(14)10-17-19/h10,12H,2-9,11H2,1H3,(H,16,20). The zero-order valence-corrected chi connectivity index (χ0v) is 14.7. The third-order valence-electron chi connectivity index (χ3n) is 4.69. The van der Waals surface area contributed by atoms with Crippen molar-refractivity contribution in [2.24, 2.45) is 5.92 Å². The Balaban J connectivity index is 1.44. The van der Waals surface area contributed by atoms with Gasteiger partial charge in [0.05, 0.1) is 32.2 Å². The van der Waals surface area contributed by atoms with Gasteiger partial charge in [0.15, 0.2) is 0 Å². The van der Waals surface area contributed by atoms with E-state index in [2.05, 4.69) is 10.4 Å². The maximum Gasteiger partial charge on any atom is 0.223 e. The van der Waals surface area contributed by atoms with Gasteiger partial charge < -0.3 is 10.1 Å². The van der Waals surface area contributed by atoms with Gasteiger partial charge in [-0.15, -0.1) is 0 Å². The molecule has 1 aromatic heterocycles. The molecule has 0 aromatic carbocycles. The Morgan fingerprint density at radius 1 is 1.42 bits per heavy atom. The van der Waals surface area contributed by atoms with E-state index < -0.39 is 10.0 Å². The summed E-state index contributed by atoms with van der Waals surface area (Å²) in [4.78, 5) is 12.2. The van der Waals surface area contributed by atoms with Crippen LogP contribution in [-0.2, 0) is 39.1 Å². The zero-order valence-electron chi connectivity index (χ0n) is 13.9. The number of sulfonamides is 1. The molecule has 1 amide bonds. The molecule has 134 valence electrons. The zero-order chi connectivity index (χ0) is 17.2. The van der Waals surface area contributed by atoms with Crippen LogP contribution in [0.4, 0.5) is 0 Å². The van der Waals surface area contributed by atoms with Gasteiger partial charge in [0.2, 0.25) is 15.9 Å². The molecule has 0 aliphatic carbocycles. The molecular formula is C15H24N4O4S. The molecule has 1 aromatic rings. The van der Waals surface area contributed by atoms with Gasteiger partial charge in [0.1, 0.15) is 0 Å². The summed E-state index contributed by atoms with van der Waals surface area (Å²) in [6.45, 7) is 3.33. The summed E-state index contributed by atoms with van der Waals surface area (Å²) >= 11 is 0. The maximum atomic E-state index is 12.2. The lowest BCUT2D eigenvalue weighted by molar-refractivity contribution is -0.126. The van der Waals surface area contributed by atoms with Crippen LogP contribution in [0.3, 0.4) is 0 Å². The molecular weight excluding hydrogens is 332 g/mol. The first-order valence-corrected chi connectivity index (χ1v) is 10.1. The van der Waals surface area contributed by atoms with Gasteiger partial charge in [0, 0.05) is 43.2 Å². The average Bonchev–Trinajstić information content (AvgIpc) is 2.97. The first kappa shape index (κ1) is 17.4. The second-order valence-corrected chi connectivity index (χ2v) is 8.35. The highest BCUT2D eigenvalue weighted by atomic mass is 32.2. The molecule has 24 heavy (non-hydrogen) atoms. The van der Waals surface area contributed by atoms with Gasteiger partial charge in [0.25, 0.3) is 0 Å². The highest BCUT2D eigenvalue weighted by molar-refractivity contribution is 7.88. The molecule has 0 spiro atoms. The van der Waals surface area contributed by atoms with Crippen LogP contribution in [0.25, 0.3) is 0 Å². The number of nitrogens with zero attached hydrogens (tertiary/aromatic N) is 3. The first-order valence-electron chi connectivity index (χ1n) is 8.29. The summed E-state index contributed by atoms with van der Waals surface area (Å²) < 4.78 is 31.7. The molecule has 2 aliphatic heterocycles. The van der Waals surface area contributed by atoms with E-state index in [1.165, 1.54) is 16.3 Å². The second kappa shape index (κ2) is 7.20. The van der Waals surface area contributed by atoms with Gasteiger partial charge in [-0.25, -0.2) is 12.7 Å². The van der Waals surface area contributed by atoms with Gasteiger partial charge in [-0.1, -0.05) is 0 Å². The molecule has 3 rings (SSSR count). The fourth-order valence-electron chi connectivity index (χ4n) is 3.28. The lowest BCUT2D eigenvalue weighted by atomic mass is 9.97. The number of aromatic nitrogens is 2. The molecule has 0 radical (unpaired) electrons. The Kier molecular flexibility index (Phi) is 5.21. The van der Waals surface area contributed by atoms with Crippen molar-refractivity contribution in [1.29, 1.82) is 0 Å². The molecule has 0 unspecified atom stereocenters. The van der Waals surface area contributed by atoms with E-state index >= 15 is 0 Å². The van der Waals surface area contributed by atoms with E-state index in [-0.39, 0.29) is 11.8 Å². The van der Waals surface area contributed by atoms with Crippen LogP contribution in [0, 0.1) is 5.92 Å². The number of fused-ring (bicyclic) bond motifs is 1. The molecule has 0 atom stereocenters. The summed E-state index contributed by atoms with van der Waals surface area (Å²) in [5, 5.41) is 7.31. The number of carbonyl (C=O) groups excluding carboxylic acids is 1. The van der Waals surface area contributed by atoms with Crippen LogP contribution in [-0.4, -0.2) is 60.9 Å². The number of piperidine rings is 1. The van der Waals surface area contributed by atoms with Crippen molar-refractivity contribution in [3.63, 3.8) is 0 Å². The highest BCUT2D eigenvalue weighted by Crippen LogP contribution is 2.19. The Hall–Kier alpha value is -1.45. The van der Waals surface area contributed by atoms with E-state index in [9.17, 15) is 13.2 Å². The largest absolute Gasteiger partial charge is 0.376 e. The van der Waals surface area contributed by atoms with Crippen molar-refractivity contribution in [3.8, 4) is 0 Å². The van der Waals surface area contributed by atoms with Crippen LogP contribution in [0.5, 0.6) is 0 Å². The Morgan fingerprint density at radius 2 is 2.17 bits per heavy atom. The monoisotopic (exact) mass is 356 g/mol. The minimum atomic E-state index is -3.15. The molecule has 0 saturated carbocycles. The third kappa shape index (κ3) is 3.96. The number of ether oxygens (including phenoxy) is 1. The summed E-state index contributed by atoms with van der Waals surface area (Å²) in [6, 6.07) is 0. The normalized spacial score (nSPS) is 19.9. The lowest BCUT2D eigenvalue weighted by Gasteiger charge is -2.29. The summed E-state index contributed by atoms with van der Waals surface area (Å²) in [5.41, 5.74) is 2.32. The van der Waals surface area contributed by atoms with Crippen molar-refractivity contribution in [2.75, 3.05) is 32.5 Å². The summed E-state index contributed by atoms with van der Waals surface area (Å²) in [6.07, 6.45) is 5.05. The highest BCUT2D eigenvalue weighted by Gasteiger charge is 2.28. The van der Waals surface area contributed by atoms with Gasteiger partial charge in [-0.05, 0) is 12.8 Å². The van der Waals surface area contributed by atoms with Crippen molar-refractivity contribution in [3.05, 3.63) is 17.5 Å². The fourth-order valence-corrected chi connectivity index (χ4v) is 4.16. The predicted molar refractivity (Wildman–Crippen MR) is 87.7 cm³/mol. The number of nitrogens with one attached hydrogen (secondary N) is 1. The Morgan fingerprint density at radius 3 is 2.88 bits per heavy atom. The SMILES string of the molecule is CS(=O)(=O)N1CCC(C(=O)NCCn2ncc3c2CCOC3)CC1. The van der Waals surface area contributed by atoms with Gasteiger partial charge >= 0.3 is 0 Å². The van der Waals surface area contributed by atoms with Crippen molar-refractivity contribution in [1.82, 2.24) is 19.4 Å². The summed E-state index contributed by atoms with van der Waals surface area (Å²) in [7, 11) is -3.15. The number of amides is 1. The van der Waals surface area contributed by atoms with Crippen LogP contribution in [0.2, 0.25) is 0 Å². The minimum Gasteiger partial charge on any atom is -0.376 e. The third-order valence-corrected chi connectivity index (χ3v) is 6.00. The number of hydrogen-bond acceptors (Lipinski definition) is 5. The molecule has 1 saturated heterocycles. The van der Waals surface area contributed by atoms with Crippen molar-refractivity contribution >= 4 is 15.9 Å². The van der Waals surface area contributed by atoms with Crippen LogP contribution in [0.15, 0.2) is 6.20 Å². The fraction of sp³-hybridized carbons (Fsp3) is 0.733. The molecule has 1 fully saturated rings. The topological polar surface area (TPSA) is 93.5 Å². The summed E-state index contributed by atoms with van der Waals surface area (Å²) in [5.74, 6) is -0.101. The minimum absolute atomic E-state index is 0.00695. The van der Waals surface area contributed by atoms with Gasteiger partial charge in [-0.2, -0.15) is 5.10 Å². The average molecular weight is 356 g/mol. The van der Waals surface area contributed by atoms with E-state index in [1.54, 1.807) is 0 Å². The molecule has 1 N–H and O–H groups in total. The molecule has 2 aliphatic rings. The molecule has 3 heterocycles. The molecule has 8 nitrogen and oxygen atoms in total. The quantitative estimate of drug-likeness (QED) is 0.785. The van der Waals surface area contributed by atoms with Gasteiger partial charge in [-0.3, -0.25) is 9.48 Å². The van der Waals surface area contributed by atoms with E-state index in [0.29, 0.717) is 52.2 Å². The Bertz CT molecular complexity index is 692. The number of rotatable bonds is 5. The smallest absolute Gasteiger partial charge is 0.223 e. The van der Waals surface area contributed by atoms with Crippen LogP contribution in [0.1, 0.15) is 24.1 Å². The van der Waals surface area contributed by atoms with E-state index in [0.717, 1.165) is 12.0 Å². The molecule has 9 heteroatoms. The molecule has 0 bridgehead atoms. The Labute approximate surface area is 142 Å². The number of carbonyl (C=O) groups is 1.